The number of hydrazine groups is 1. The zero-order valence-electron chi connectivity index (χ0n) is 10.2. The molecule has 0 amide bonds. The van der Waals surface area contributed by atoms with Crippen LogP contribution in [0.25, 0.3) is 0 Å². The molecule has 0 spiro atoms. The average molecular weight is 282 g/mol. The highest BCUT2D eigenvalue weighted by atomic mass is 32.2. The van der Waals surface area contributed by atoms with Gasteiger partial charge in [0.15, 0.2) is 11.6 Å². The van der Waals surface area contributed by atoms with Crippen molar-refractivity contribution in [2.75, 3.05) is 5.43 Å². The van der Waals surface area contributed by atoms with E-state index in [0.29, 0.717) is 11.6 Å². The minimum Gasteiger partial charge on any atom is -0.306 e. The number of rotatable bonds is 4. The first-order valence-electron chi connectivity index (χ1n) is 5.48. The van der Waals surface area contributed by atoms with Crippen LogP contribution in [0.3, 0.4) is 0 Å². The quantitative estimate of drug-likeness (QED) is 0.513. The van der Waals surface area contributed by atoms with E-state index in [1.165, 1.54) is 23.9 Å². The molecule has 0 radical (unpaired) electrons. The van der Waals surface area contributed by atoms with Crippen molar-refractivity contribution >= 4 is 17.6 Å². The highest BCUT2D eigenvalue weighted by Crippen LogP contribution is 2.23. The third kappa shape index (κ3) is 3.39. The van der Waals surface area contributed by atoms with E-state index >= 15 is 0 Å². The van der Waals surface area contributed by atoms with Gasteiger partial charge in [-0.25, -0.2) is 24.6 Å². The summed E-state index contributed by atoms with van der Waals surface area (Å²) in [4.78, 5) is 8.89. The smallest absolute Gasteiger partial charge is 0.187 e. The summed E-state index contributed by atoms with van der Waals surface area (Å²) in [5, 5.41) is 0. The molecule has 7 heteroatoms. The van der Waals surface area contributed by atoms with Crippen molar-refractivity contribution in [2.45, 2.75) is 17.6 Å². The topological polar surface area (TPSA) is 63.8 Å². The molecule has 0 bridgehead atoms. The minimum absolute atomic E-state index is 0.0257. The van der Waals surface area contributed by atoms with Gasteiger partial charge in [0.1, 0.15) is 11.6 Å². The van der Waals surface area contributed by atoms with E-state index in [2.05, 4.69) is 15.4 Å². The van der Waals surface area contributed by atoms with E-state index in [-0.39, 0.29) is 17.3 Å². The van der Waals surface area contributed by atoms with Crippen molar-refractivity contribution in [3.8, 4) is 0 Å². The summed E-state index contributed by atoms with van der Waals surface area (Å²) in [5.41, 5.74) is 2.43. The maximum absolute atomic E-state index is 13.5. The van der Waals surface area contributed by atoms with Crippen LogP contribution in [-0.4, -0.2) is 9.97 Å². The molecule has 0 unspecified atom stereocenters. The second-order valence-electron chi connectivity index (χ2n) is 3.77. The van der Waals surface area contributed by atoms with Gasteiger partial charge < -0.3 is 5.43 Å². The molecule has 0 atom stereocenters. The third-order valence-corrected chi connectivity index (χ3v) is 3.39. The van der Waals surface area contributed by atoms with Crippen LogP contribution in [0, 0.1) is 18.6 Å². The summed E-state index contributed by atoms with van der Waals surface area (Å²) in [6.45, 7) is 1.55. The third-order valence-electron chi connectivity index (χ3n) is 2.38. The second kappa shape index (κ2) is 5.94. The van der Waals surface area contributed by atoms with Crippen LogP contribution in [0.2, 0.25) is 0 Å². The Balaban J connectivity index is 2.11. The molecule has 0 aliphatic rings. The molecule has 1 aromatic heterocycles. The number of aromatic nitrogens is 2. The van der Waals surface area contributed by atoms with E-state index < -0.39 is 5.82 Å². The highest BCUT2D eigenvalue weighted by Gasteiger charge is 2.10. The van der Waals surface area contributed by atoms with Crippen molar-refractivity contribution in [2.24, 2.45) is 5.84 Å². The van der Waals surface area contributed by atoms with Crippen LogP contribution in [-0.2, 0) is 5.75 Å². The number of aryl methyl sites for hydroxylation is 1. The van der Waals surface area contributed by atoms with Crippen LogP contribution in [0.4, 0.5) is 14.6 Å². The standard InChI is InChI=1S/C12H12F2N4S/c1-7-11(14)12(18-15)17-10(16-7)6-19-9-4-2-8(13)3-5-9/h2-5H,6,15H2,1H3,(H,16,17,18). The number of nitrogens with two attached hydrogens (primary N) is 1. The van der Waals surface area contributed by atoms with Gasteiger partial charge in [0.25, 0.3) is 0 Å². The molecule has 2 rings (SSSR count). The number of hydrogen-bond acceptors (Lipinski definition) is 5. The SMILES string of the molecule is Cc1nc(CSc2ccc(F)cc2)nc(NN)c1F. The first kappa shape index (κ1) is 13.7. The molecule has 0 saturated heterocycles. The lowest BCUT2D eigenvalue weighted by atomic mass is 10.4. The number of nitrogens with zero attached hydrogens (tertiary/aromatic N) is 2. The molecule has 4 nitrogen and oxygen atoms in total. The summed E-state index contributed by atoms with van der Waals surface area (Å²) in [6.07, 6.45) is 0. The van der Waals surface area contributed by atoms with E-state index in [0.717, 1.165) is 4.90 Å². The number of benzene rings is 1. The van der Waals surface area contributed by atoms with Crippen molar-refractivity contribution < 1.29 is 8.78 Å². The zero-order chi connectivity index (χ0) is 13.8. The molecule has 0 fully saturated rings. The molecule has 3 N–H and O–H groups in total. The van der Waals surface area contributed by atoms with Gasteiger partial charge in [-0.05, 0) is 31.2 Å². The minimum atomic E-state index is -0.557. The van der Waals surface area contributed by atoms with Gasteiger partial charge in [-0.3, -0.25) is 0 Å². The van der Waals surface area contributed by atoms with Crippen LogP contribution < -0.4 is 11.3 Å². The molecule has 1 aromatic carbocycles. The van der Waals surface area contributed by atoms with Crippen molar-refractivity contribution in [3.05, 3.63) is 47.4 Å². The predicted molar refractivity (Wildman–Crippen MR) is 70.5 cm³/mol. The predicted octanol–water partition coefficient (Wildman–Crippen LogP) is 2.64. The molecule has 0 saturated carbocycles. The molecular formula is C12H12F2N4S. The summed E-state index contributed by atoms with van der Waals surface area (Å²) in [7, 11) is 0. The number of hydrogen-bond donors (Lipinski definition) is 2. The fourth-order valence-electron chi connectivity index (χ4n) is 1.46. The monoisotopic (exact) mass is 282 g/mol. The number of nitrogens with one attached hydrogen (secondary N) is 1. The van der Waals surface area contributed by atoms with Crippen LogP contribution >= 0.6 is 11.8 Å². The summed E-state index contributed by atoms with van der Waals surface area (Å²) < 4.78 is 26.2. The Morgan fingerprint density at radius 1 is 1.21 bits per heavy atom. The molecule has 1 heterocycles. The lowest BCUT2D eigenvalue weighted by molar-refractivity contribution is 0.602. The average Bonchev–Trinajstić information content (AvgIpc) is 2.41. The lowest BCUT2D eigenvalue weighted by Gasteiger charge is -2.07. The molecule has 19 heavy (non-hydrogen) atoms. The van der Waals surface area contributed by atoms with Gasteiger partial charge in [-0.1, -0.05) is 0 Å². The van der Waals surface area contributed by atoms with Crippen molar-refractivity contribution in [1.82, 2.24) is 9.97 Å². The zero-order valence-corrected chi connectivity index (χ0v) is 11.0. The summed E-state index contributed by atoms with van der Waals surface area (Å²) in [5.74, 6) is 5.22. The molecular weight excluding hydrogens is 270 g/mol. The van der Waals surface area contributed by atoms with Crippen LogP contribution in [0.1, 0.15) is 11.5 Å². The van der Waals surface area contributed by atoms with Crippen LogP contribution in [0.5, 0.6) is 0 Å². The van der Waals surface area contributed by atoms with Crippen molar-refractivity contribution in [1.29, 1.82) is 0 Å². The van der Waals surface area contributed by atoms with Crippen molar-refractivity contribution in [3.63, 3.8) is 0 Å². The maximum Gasteiger partial charge on any atom is 0.187 e. The second-order valence-corrected chi connectivity index (χ2v) is 4.82. The number of anilines is 1. The Hall–Kier alpha value is -1.73. The Morgan fingerprint density at radius 3 is 2.53 bits per heavy atom. The molecule has 100 valence electrons. The highest BCUT2D eigenvalue weighted by molar-refractivity contribution is 7.98. The van der Waals surface area contributed by atoms with E-state index in [1.54, 1.807) is 19.1 Å². The first-order valence-corrected chi connectivity index (χ1v) is 6.46. The Labute approximate surface area is 113 Å². The van der Waals surface area contributed by atoms with Gasteiger partial charge in [0.05, 0.1) is 11.4 Å². The van der Waals surface area contributed by atoms with Gasteiger partial charge in [-0.2, -0.15) is 0 Å². The van der Waals surface area contributed by atoms with Gasteiger partial charge >= 0.3 is 0 Å². The number of halogens is 2. The summed E-state index contributed by atoms with van der Waals surface area (Å²) >= 11 is 1.43. The lowest BCUT2D eigenvalue weighted by Crippen LogP contribution is -2.13. The first-order chi connectivity index (χ1) is 9.10. The fourth-order valence-corrected chi connectivity index (χ4v) is 2.21. The van der Waals surface area contributed by atoms with Gasteiger partial charge in [-0.15, -0.1) is 11.8 Å². The number of nitrogen functional groups attached to an aromatic ring is 1. The Morgan fingerprint density at radius 2 is 1.89 bits per heavy atom. The molecule has 0 aliphatic carbocycles. The van der Waals surface area contributed by atoms with Gasteiger partial charge in [0, 0.05) is 4.90 Å². The van der Waals surface area contributed by atoms with E-state index in [4.69, 9.17) is 5.84 Å². The normalized spacial score (nSPS) is 10.5. The van der Waals surface area contributed by atoms with Gasteiger partial charge in [0.2, 0.25) is 0 Å². The van der Waals surface area contributed by atoms with E-state index in [9.17, 15) is 8.78 Å². The molecule has 0 aliphatic heterocycles. The largest absolute Gasteiger partial charge is 0.306 e. The summed E-state index contributed by atoms with van der Waals surface area (Å²) in [6, 6.07) is 6.09. The Bertz CT molecular complexity index is 575. The maximum atomic E-state index is 13.5. The molecule has 2 aromatic rings. The Kier molecular flexibility index (Phi) is 4.28. The van der Waals surface area contributed by atoms with Crippen LogP contribution in [0.15, 0.2) is 29.2 Å². The fraction of sp³-hybridized carbons (Fsp3) is 0.167. The van der Waals surface area contributed by atoms with E-state index in [1.807, 2.05) is 0 Å². The number of thioether (sulfide) groups is 1.